The van der Waals surface area contributed by atoms with E-state index in [4.69, 9.17) is 4.98 Å². The normalized spacial score (nSPS) is 17.9. The molecule has 4 rings (SSSR count). The van der Waals surface area contributed by atoms with Crippen LogP contribution in [-0.2, 0) is 13.0 Å². The van der Waals surface area contributed by atoms with Crippen molar-refractivity contribution >= 4 is 37.9 Å². The molecule has 0 aromatic carbocycles. The first-order valence-electron chi connectivity index (χ1n) is 7.03. The Morgan fingerprint density at radius 3 is 3.10 bits per heavy atom. The Balaban J connectivity index is 1.92. The third kappa shape index (κ3) is 2.14. The summed E-state index contributed by atoms with van der Waals surface area (Å²) in [5, 5.41) is 9.22. The van der Waals surface area contributed by atoms with Gasteiger partial charge in [0.05, 0.1) is 15.9 Å². The van der Waals surface area contributed by atoms with Crippen LogP contribution in [0.4, 0.5) is 5.00 Å². The number of aromatic nitrogens is 2. The van der Waals surface area contributed by atoms with Gasteiger partial charge in [0.2, 0.25) is 0 Å². The maximum Gasteiger partial charge on any atom is 0.127 e. The minimum atomic E-state index is 0.520. The Labute approximate surface area is 131 Å². The lowest BCUT2D eigenvalue weighted by Crippen LogP contribution is -2.31. The zero-order chi connectivity index (χ0) is 14.4. The fourth-order valence-corrected chi connectivity index (χ4v) is 5.02. The highest BCUT2D eigenvalue weighted by molar-refractivity contribution is 7.22. The number of rotatable bonds is 2. The van der Waals surface area contributed by atoms with Gasteiger partial charge in [-0.1, -0.05) is 0 Å². The van der Waals surface area contributed by atoms with E-state index in [2.05, 4.69) is 22.5 Å². The van der Waals surface area contributed by atoms with E-state index >= 15 is 0 Å². The molecule has 1 aliphatic heterocycles. The molecule has 3 aromatic rings. The molecule has 0 saturated heterocycles. The van der Waals surface area contributed by atoms with Crippen molar-refractivity contribution in [3.8, 4) is 10.6 Å². The molecule has 6 heteroatoms. The number of nitrogens with zero attached hydrogens (tertiary/aromatic N) is 2. The van der Waals surface area contributed by atoms with Gasteiger partial charge in [-0.25, -0.2) is 4.98 Å². The van der Waals surface area contributed by atoms with Gasteiger partial charge in [-0.15, -0.1) is 22.7 Å². The number of pyridine rings is 1. The maximum absolute atomic E-state index is 4.80. The topological polar surface area (TPSA) is 49.8 Å². The number of anilines is 1. The summed E-state index contributed by atoms with van der Waals surface area (Å²) in [7, 11) is 1.99. The molecule has 0 radical (unpaired) electrons. The molecule has 4 heterocycles. The van der Waals surface area contributed by atoms with Crippen LogP contribution in [0.15, 0.2) is 18.5 Å². The molecule has 2 N–H and O–H groups in total. The monoisotopic (exact) mass is 316 g/mol. The second-order valence-electron chi connectivity index (χ2n) is 5.31. The Morgan fingerprint density at radius 2 is 2.29 bits per heavy atom. The number of nitrogens with one attached hydrogen (secondary N) is 2. The van der Waals surface area contributed by atoms with Crippen molar-refractivity contribution in [2.75, 3.05) is 12.4 Å². The molecule has 1 unspecified atom stereocenters. The molecule has 108 valence electrons. The third-order valence-corrected chi connectivity index (χ3v) is 6.15. The van der Waals surface area contributed by atoms with Crippen LogP contribution in [0.25, 0.3) is 20.8 Å². The Kier molecular flexibility index (Phi) is 3.17. The number of thiophene rings is 1. The van der Waals surface area contributed by atoms with Crippen molar-refractivity contribution in [3.05, 3.63) is 28.9 Å². The molecule has 21 heavy (non-hydrogen) atoms. The van der Waals surface area contributed by atoms with E-state index in [0.29, 0.717) is 6.04 Å². The molecule has 4 nitrogen and oxygen atoms in total. The van der Waals surface area contributed by atoms with E-state index in [0.717, 1.165) is 23.5 Å². The third-order valence-electron chi connectivity index (χ3n) is 3.84. The largest absolute Gasteiger partial charge is 0.379 e. The smallest absolute Gasteiger partial charge is 0.127 e. The molecule has 1 aliphatic rings. The Morgan fingerprint density at radius 1 is 1.38 bits per heavy atom. The van der Waals surface area contributed by atoms with Crippen LogP contribution in [-0.4, -0.2) is 23.1 Å². The van der Waals surface area contributed by atoms with Crippen molar-refractivity contribution < 1.29 is 0 Å². The average Bonchev–Trinajstić information content (AvgIpc) is 3.06. The van der Waals surface area contributed by atoms with Crippen molar-refractivity contribution in [2.45, 2.75) is 25.9 Å². The lowest BCUT2D eigenvalue weighted by atomic mass is 9.99. The summed E-state index contributed by atoms with van der Waals surface area (Å²) >= 11 is 3.60. The number of hydrogen-bond donors (Lipinski definition) is 2. The van der Waals surface area contributed by atoms with E-state index < -0.39 is 0 Å². The first kappa shape index (κ1) is 13.2. The summed E-state index contributed by atoms with van der Waals surface area (Å²) in [6.45, 7) is 3.20. The van der Waals surface area contributed by atoms with Crippen molar-refractivity contribution in [1.82, 2.24) is 15.3 Å². The van der Waals surface area contributed by atoms with Gasteiger partial charge in [-0.3, -0.25) is 4.98 Å². The Hall–Kier alpha value is -1.50. The molecule has 0 aliphatic carbocycles. The van der Waals surface area contributed by atoms with E-state index in [9.17, 15) is 0 Å². The van der Waals surface area contributed by atoms with Crippen LogP contribution in [0.3, 0.4) is 0 Å². The molecule has 0 fully saturated rings. The van der Waals surface area contributed by atoms with Crippen LogP contribution < -0.4 is 10.6 Å². The van der Waals surface area contributed by atoms with E-state index in [1.54, 1.807) is 11.3 Å². The lowest BCUT2D eigenvalue weighted by molar-refractivity contribution is 0.521. The summed E-state index contributed by atoms with van der Waals surface area (Å²) < 4.78 is 1.20. The number of fused-ring (bicyclic) bond motifs is 2. The molecule has 0 bridgehead atoms. The first-order valence-corrected chi connectivity index (χ1v) is 8.66. The summed E-state index contributed by atoms with van der Waals surface area (Å²) in [4.78, 5) is 10.4. The summed E-state index contributed by atoms with van der Waals surface area (Å²) in [5.41, 5.74) is 3.75. The highest BCUT2D eigenvalue weighted by Crippen LogP contribution is 2.44. The highest BCUT2D eigenvalue weighted by Gasteiger charge is 2.25. The standard InChI is InChI=1S/C15H16N4S2/c1-8-5-9-12(7-18-8)21-14(16-2)13(9)15-19-10-6-17-4-3-11(10)20-15/h3-4,6,8,16,18H,5,7H2,1-2H3. The van der Waals surface area contributed by atoms with Gasteiger partial charge < -0.3 is 10.6 Å². The molecule has 0 saturated carbocycles. The molecular formula is C15H16N4S2. The number of hydrogen-bond acceptors (Lipinski definition) is 6. The predicted octanol–water partition coefficient (Wildman–Crippen LogP) is 3.50. The van der Waals surface area contributed by atoms with Gasteiger partial charge in [0.25, 0.3) is 0 Å². The van der Waals surface area contributed by atoms with Gasteiger partial charge in [0, 0.05) is 36.3 Å². The molecule has 3 aromatic heterocycles. The minimum Gasteiger partial charge on any atom is -0.379 e. The van der Waals surface area contributed by atoms with Crippen LogP contribution in [0.2, 0.25) is 0 Å². The summed E-state index contributed by atoms with van der Waals surface area (Å²) in [6, 6.07) is 2.56. The van der Waals surface area contributed by atoms with Gasteiger partial charge >= 0.3 is 0 Å². The van der Waals surface area contributed by atoms with Gasteiger partial charge in [0.15, 0.2) is 0 Å². The zero-order valence-electron chi connectivity index (χ0n) is 11.9. The minimum absolute atomic E-state index is 0.520. The maximum atomic E-state index is 4.80. The van der Waals surface area contributed by atoms with Gasteiger partial charge in [-0.2, -0.15) is 0 Å². The van der Waals surface area contributed by atoms with E-state index in [1.165, 1.54) is 25.7 Å². The highest BCUT2D eigenvalue weighted by atomic mass is 32.1. The molecular weight excluding hydrogens is 300 g/mol. The summed E-state index contributed by atoms with van der Waals surface area (Å²) in [5.74, 6) is 0. The van der Waals surface area contributed by atoms with Crippen LogP contribution in [0, 0.1) is 0 Å². The average molecular weight is 316 g/mol. The SMILES string of the molecule is CNc1sc2c(c1-c1nc3cnccc3s1)CC(C)NC2. The van der Waals surface area contributed by atoms with Gasteiger partial charge in [0.1, 0.15) is 10.5 Å². The van der Waals surface area contributed by atoms with E-state index in [-0.39, 0.29) is 0 Å². The molecule has 0 spiro atoms. The zero-order valence-corrected chi connectivity index (χ0v) is 13.6. The van der Waals surface area contributed by atoms with Gasteiger partial charge in [-0.05, 0) is 25.0 Å². The van der Waals surface area contributed by atoms with Crippen LogP contribution in [0.1, 0.15) is 17.4 Å². The summed E-state index contributed by atoms with van der Waals surface area (Å²) in [6.07, 6.45) is 4.74. The lowest BCUT2D eigenvalue weighted by Gasteiger charge is -2.20. The number of thiazole rings is 1. The van der Waals surface area contributed by atoms with Crippen molar-refractivity contribution in [1.29, 1.82) is 0 Å². The van der Waals surface area contributed by atoms with Crippen molar-refractivity contribution in [3.63, 3.8) is 0 Å². The Bertz CT molecular complexity index is 772. The van der Waals surface area contributed by atoms with Crippen LogP contribution in [0.5, 0.6) is 0 Å². The second kappa shape index (κ2) is 5.05. The van der Waals surface area contributed by atoms with Crippen LogP contribution >= 0.6 is 22.7 Å². The fourth-order valence-electron chi connectivity index (χ4n) is 2.81. The molecule has 1 atom stereocenters. The van der Waals surface area contributed by atoms with Crippen molar-refractivity contribution in [2.24, 2.45) is 0 Å². The molecule has 0 amide bonds. The first-order chi connectivity index (χ1) is 10.3. The fraction of sp³-hybridized carbons (Fsp3) is 0.333. The quantitative estimate of drug-likeness (QED) is 0.760. The van der Waals surface area contributed by atoms with E-state index in [1.807, 2.05) is 36.8 Å². The predicted molar refractivity (Wildman–Crippen MR) is 90.3 cm³/mol. The second-order valence-corrected chi connectivity index (χ2v) is 7.44.